The molecule has 0 heterocycles. The first-order valence-corrected chi connectivity index (χ1v) is 5.21. The summed E-state index contributed by atoms with van der Waals surface area (Å²) in [4.78, 5) is 0. The molecular formula is C10H21NO2. The molecule has 4 atom stereocenters. The zero-order chi connectivity index (χ0) is 9.84. The molecule has 0 aromatic rings. The maximum Gasteiger partial charge on any atom is 0.0693 e. The summed E-state index contributed by atoms with van der Waals surface area (Å²) >= 11 is 0. The second-order valence-electron chi connectivity index (χ2n) is 4.26. The van der Waals surface area contributed by atoms with Gasteiger partial charge >= 0.3 is 0 Å². The summed E-state index contributed by atoms with van der Waals surface area (Å²) in [6.45, 7) is 3.85. The molecule has 0 saturated heterocycles. The van der Waals surface area contributed by atoms with Gasteiger partial charge in [-0.3, -0.25) is 0 Å². The van der Waals surface area contributed by atoms with Gasteiger partial charge in [0.05, 0.1) is 12.2 Å². The van der Waals surface area contributed by atoms with Crippen LogP contribution in [0, 0.1) is 0 Å². The van der Waals surface area contributed by atoms with Crippen LogP contribution in [0.15, 0.2) is 0 Å². The lowest BCUT2D eigenvalue weighted by Gasteiger charge is -2.22. The molecule has 0 aromatic heterocycles. The summed E-state index contributed by atoms with van der Waals surface area (Å²) < 4.78 is 0. The van der Waals surface area contributed by atoms with Gasteiger partial charge < -0.3 is 15.5 Å². The fourth-order valence-electron chi connectivity index (χ4n) is 2.08. The number of hydrogen-bond donors (Lipinski definition) is 3. The fraction of sp³-hybridized carbons (Fsp3) is 1.00. The van der Waals surface area contributed by atoms with E-state index in [2.05, 4.69) is 12.2 Å². The van der Waals surface area contributed by atoms with Gasteiger partial charge in [0.1, 0.15) is 0 Å². The maximum absolute atomic E-state index is 9.55. The van der Waals surface area contributed by atoms with Crippen LogP contribution in [0.2, 0.25) is 0 Å². The van der Waals surface area contributed by atoms with Crippen molar-refractivity contribution in [3.63, 3.8) is 0 Å². The van der Waals surface area contributed by atoms with Crippen molar-refractivity contribution < 1.29 is 10.2 Å². The molecule has 0 aliphatic heterocycles. The van der Waals surface area contributed by atoms with Gasteiger partial charge in [-0.1, -0.05) is 0 Å². The molecule has 3 heteroatoms. The lowest BCUT2D eigenvalue weighted by Crippen LogP contribution is -2.42. The standard InChI is InChI=1S/C10H21NO2/c1-7(6-8(2)12)11-9-4-3-5-10(9)13/h7-13H,3-6H2,1-2H3/t7?,8?,9-,10-/m1/s1. The van der Waals surface area contributed by atoms with Gasteiger partial charge in [0, 0.05) is 12.1 Å². The minimum Gasteiger partial charge on any atom is -0.393 e. The fourth-order valence-corrected chi connectivity index (χ4v) is 2.08. The topological polar surface area (TPSA) is 52.5 Å². The highest BCUT2D eigenvalue weighted by atomic mass is 16.3. The lowest BCUT2D eigenvalue weighted by atomic mass is 10.1. The molecule has 1 rings (SSSR count). The van der Waals surface area contributed by atoms with E-state index in [-0.39, 0.29) is 24.3 Å². The quantitative estimate of drug-likeness (QED) is 0.605. The van der Waals surface area contributed by atoms with Crippen LogP contribution in [0.25, 0.3) is 0 Å². The molecule has 3 nitrogen and oxygen atoms in total. The highest BCUT2D eigenvalue weighted by Crippen LogP contribution is 2.19. The van der Waals surface area contributed by atoms with E-state index < -0.39 is 0 Å². The van der Waals surface area contributed by atoms with Gasteiger partial charge in [-0.25, -0.2) is 0 Å². The molecule has 1 aliphatic rings. The molecule has 78 valence electrons. The van der Waals surface area contributed by atoms with E-state index in [9.17, 15) is 5.11 Å². The van der Waals surface area contributed by atoms with Crippen LogP contribution in [0.5, 0.6) is 0 Å². The lowest BCUT2D eigenvalue weighted by molar-refractivity contribution is 0.129. The number of nitrogens with one attached hydrogen (secondary N) is 1. The number of aliphatic hydroxyl groups excluding tert-OH is 2. The first-order chi connectivity index (χ1) is 6.09. The van der Waals surface area contributed by atoms with E-state index in [0.717, 1.165) is 25.7 Å². The summed E-state index contributed by atoms with van der Waals surface area (Å²) in [7, 11) is 0. The Morgan fingerprint density at radius 1 is 1.38 bits per heavy atom. The Kier molecular flexibility index (Phi) is 4.16. The maximum atomic E-state index is 9.55. The third-order valence-corrected chi connectivity index (χ3v) is 2.67. The molecule has 0 spiro atoms. The molecule has 1 aliphatic carbocycles. The van der Waals surface area contributed by atoms with Crippen molar-refractivity contribution in [3.8, 4) is 0 Å². The van der Waals surface area contributed by atoms with Crippen molar-refractivity contribution in [2.24, 2.45) is 0 Å². The first-order valence-electron chi connectivity index (χ1n) is 5.21. The van der Waals surface area contributed by atoms with Crippen LogP contribution < -0.4 is 5.32 Å². The highest BCUT2D eigenvalue weighted by molar-refractivity contribution is 4.84. The SMILES string of the molecule is CC(O)CC(C)N[C@@H]1CCC[C@H]1O. The van der Waals surface area contributed by atoms with E-state index in [1.54, 1.807) is 6.92 Å². The third kappa shape index (κ3) is 3.63. The van der Waals surface area contributed by atoms with Crippen LogP contribution >= 0.6 is 0 Å². The van der Waals surface area contributed by atoms with Crippen LogP contribution in [-0.2, 0) is 0 Å². The average molecular weight is 187 g/mol. The zero-order valence-corrected chi connectivity index (χ0v) is 8.53. The van der Waals surface area contributed by atoms with Crippen LogP contribution in [0.3, 0.4) is 0 Å². The summed E-state index contributed by atoms with van der Waals surface area (Å²) in [5.41, 5.74) is 0. The molecule has 1 fully saturated rings. The second kappa shape index (κ2) is 4.94. The second-order valence-corrected chi connectivity index (χ2v) is 4.26. The first kappa shape index (κ1) is 11.0. The average Bonchev–Trinajstić information content (AvgIpc) is 2.34. The number of rotatable bonds is 4. The van der Waals surface area contributed by atoms with Gasteiger partial charge in [0.15, 0.2) is 0 Å². The van der Waals surface area contributed by atoms with Crippen molar-refractivity contribution >= 4 is 0 Å². The van der Waals surface area contributed by atoms with Crippen molar-refractivity contribution in [1.82, 2.24) is 5.32 Å². The van der Waals surface area contributed by atoms with Gasteiger partial charge in [0.2, 0.25) is 0 Å². The Balaban J connectivity index is 2.22. The van der Waals surface area contributed by atoms with Crippen LogP contribution in [0.1, 0.15) is 39.5 Å². The zero-order valence-electron chi connectivity index (χ0n) is 8.53. The molecular weight excluding hydrogens is 166 g/mol. The van der Waals surface area contributed by atoms with E-state index in [4.69, 9.17) is 5.11 Å². The van der Waals surface area contributed by atoms with Crippen molar-refractivity contribution in [3.05, 3.63) is 0 Å². The summed E-state index contributed by atoms with van der Waals surface area (Å²) in [5, 5.41) is 22.1. The summed E-state index contributed by atoms with van der Waals surface area (Å²) in [6.07, 6.45) is 3.39. The highest BCUT2D eigenvalue weighted by Gasteiger charge is 2.26. The van der Waals surface area contributed by atoms with Crippen molar-refractivity contribution in [1.29, 1.82) is 0 Å². The molecule has 13 heavy (non-hydrogen) atoms. The molecule has 0 amide bonds. The molecule has 0 aromatic carbocycles. The van der Waals surface area contributed by atoms with E-state index >= 15 is 0 Å². The van der Waals surface area contributed by atoms with E-state index in [1.807, 2.05) is 0 Å². The van der Waals surface area contributed by atoms with Gasteiger partial charge in [-0.05, 0) is 39.5 Å². The summed E-state index contributed by atoms with van der Waals surface area (Å²) in [6, 6.07) is 0.534. The Hall–Kier alpha value is -0.120. The molecule has 2 unspecified atom stereocenters. The van der Waals surface area contributed by atoms with Gasteiger partial charge in [-0.2, -0.15) is 0 Å². The number of aliphatic hydroxyl groups is 2. The smallest absolute Gasteiger partial charge is 0.0693 e. The van der Waals surface area contributed by atoms with E-state index in [1.165, 1.54) is 0 Å². The predicted octanol–water partition coefficient (Wildman–Crippen LogP) is 0.649. The predicted molar refractivity (Wildman–Crippen MR) is 52.5 cm³/mol. The Morgan fingerprint density at radius 2 is 2.08 bits per heavy atom. The molecule has 0 bridgehead atoms. The molecule has 0 radical (unpaired) electrons. The molecule has 3 N–H and O–H groups in total. The Morgan fingerprint density at radius 3 is 2.54 bits per heavy atom. The normalized spacial score (nSPS) is 33.2. The molecule has 1 saturated carbocycles. The largest absolute Gasteiger partial charge is 0.393 e. The van der Waals surface area contributed by atoms with E-state index in [0.29, 0.717) is 0 Å². The number of hydrogen-bond acceptors (Lipinski definition) is 3. The van der Waals surface area contributed by atoms with Gasteiger partial charge in [-0.15, -0.1) is 0 Å². The summed E-state index contributed by atoms with van der Waals surface area (Å²) in [5.74, 6) is 0. The van der Waals surface area contributed by atoms with Crippen molar-refractivity contribution in [2.45, 2.75) is 63.8 Å². The van der Waals surface area contributed by atoms with Crippen LogP contribution in [-0.4, -0.2) is 34.5 Å². The minimum atomic E-state index is -0.263. The monoisotopic (exact) mass is 187 g/mol. The van der Waals surface area contributed by atoms with Crippen molar-refractivity contribution in [2.75, 3.05) is 0 Å². The van der Waals surface area contributed by atoms with Crippen LogP contribution in [0.4, 0.5) is 0 Å². The minimum absolute atomic E-state index is 0.184. The Bertz CT molecular complexity index is 150. The Labute approximate surface area is 80.2 Å². The van der Waals surface area contributed by atoms with Gasteiger partial charge in [0.25, 0.3) is 0 Å². The third-order valence-electron chi connectivity index (χ3n) is 2.67.